The minimum Gasteiger partial charge on any atom is -0.395 e. The third kappa shape index (κ3) is 2.80. The molecule has 20 heavy (non-hydrogen) atoms. The maximum absolute atomic E-state index is 12.5. The van der Waals surface area contributed by atoms with Crippen molar-refractivity contribution in [2.24, 2.45) is 0 Å². The number of aromatic nitrogens is 2. The third-order valence-corrected chi connectivity index (χ3v) is 4.04. The molecule has 0 bridgehead atoms. The molecule has 0 radical (unpaired) electrons. The van der Waals surface area contributed by atoms with Crippen molar-refractivity contribution in [1.82, 2.24) is 20.0 Å². The van der Waals surface area contributed by atoms with Gasteiger partial charge in [0.25, 0.3) is 5.91 Å². The van der Waals surface area contributed by atoms with E-state index in [1.165, 1.54) is 0 Å². The zero-order valence-electron chi connectivity index (χ0n) is 12.6. The highest BCUT2D eigenvalue weighted by molar-refractivity contribution is 5.97. The van der Waals surface area contributed by atoms with Crippen molar-refractivity contribution in [3.63, 3.8) is 0 Å². The smallest absolute Gasteiger partial charge is 0.276 e. The second-order valence-electron chi connectivity index (χ2n) is 5.44. The van der Waals surface area contributed by atoms with E-state index >= 15 is 0 Å². The molecular weight excluding hydrogens is 254 g/mol. The number of nitrogens with one attached hydrogen (secondary N) is 1. The molecule has 0 saturated carbocycles. The van der Waals surface area contributed by atoms with E-state index in [4.69, 9.17) is 5.73 Å². The average molecular weight is 279 g/mol. The highest BCUT2D eigenvalue weighted by atomic mass is 16.2. The molecule has 2 heterocycles. The first kappa shape index (κ1) is 14.8. The summed E-state index contributed by atoms with van der Waals surface area (Å²) < 4.78 is 0. The van der Waals surface area contributed by atoms with Crippen LogP contribution in [-0.2, 0) is 6.42 Å². The van der Waals surface area contributed by atoms with Crippen LogP contribution < -0.4 is 5.73 Å². The number of nitrogen functional groups attached to an aromatic ring is 1. The first-order valence-electron chi connectivity index (χ1n) is 7.44. The number of carbonyl (C=O) groups excluding carboxylic acids is 1. The van der Waals surface area contributed by atoms with Crippen LogP contribution in [-0.4, -0.2) is 58.1 Å². The number of likely N-dealkylation sites (N-methyl/N-ethyl adjacent to an activating group) is 1. The van der Waals surface area contributed by atoms with Gasteiger partial charge in [-0.25, -0.2) is 0 Å². The second-order valence-corrected chi connectivity index (χ2v) is 5.44. The molecule has 1 saturated heterocycles. The van der Waals surface area contributed by atoms with Gasteiger partial charge in [-0.2, -0.15) is 5.10 Å². The topological polar surface area (TPSA) is 78.2 Å². The van der Waals surface area contributed by atoms with E-state index in [1.54, 1.807) is 0 Å². The van der Waals surface area contributed by atoms with Crippen LogP contribution in [0.3, 0.4) is 0 Å². The average Bonchev–Trinajstić information content (AvgIpc) is 2.80. The molecule has 0 aliphatic carbocycles. The number of piperazine rings is 1. The Hall–Kier alpha value is -1.56. The minimum atomic E-state index is -0.0521. The van der Waals surface area contributed by atoms with Crippen LogP contribution in [0.1, 0.15) is 43.4 Å². The molecule has 0 aromatic carbocycles. The number of nitrogens with zero attached hydrogens (tertiary/aromatic N) is 3. The zero-order valence-corrected chi connectivity index (χ0v) is 12.6. The number of hydrogen-bond donors (Lipinski definition) is 2. The number of aryl methyl sites for hydroxylation is 1. The predicted octanol–water partition coefficient (Wildman–Crippen LogP) is 1.11. The van der Waals surface area contributed by atoms with Crippen LogP contribution in [0.25, 0.3) is 0 Å². The molecule has 1 aliphatic heterocycles. The van der Waals surface area contributed by atoms with E-state index in [1.807, 2.05) is 4.90 Å². The molecule has 0 spiro atoms. The first-order chi connectivity index (χ1) is 9.58. The lowest BCUT2D eigenvalue weighted by atomic mass is 10.1. The SMILES string of the molecule is CCCc1[nH]nc(C(=O)N2CCN(CC)C(C)C2)c1N. The Bertz CT molecular complexity index is 470. The van der Waals surface area contributed by atoms with Crippen molar-refractivity contribution < 1.29 is 4.79 Å². The Morgan fingerprint density at radius 3 is 2.80 bits per heavy atom. The van der Waals surface area contributed by atoms with Crippen LogP contribution in [0.15, 0.2) is 0 Å². The van der Waals surface area contributed by atoms with Crippen LogP contribution >= 0.6 is 0 Å². The van der Waals surface area contributed by atoms with E-state index < -0.39 is 0 Å². The molecule has 1 aromatic heterocycles. The van der Waals surface area contributed by atoms with E-state index in [-0.39, 0.29) is 5.91 Å². The van der Waals surface area contributed by atoms with Gasteiger partial charge in [0.1, 0.15) is 0 Å². The number of rotatable bonds is 4. The van der Waals surface area contributed by atoms with Crippen molar-refractivity contribution in [3.05, 3.63) is 11.4 Å². The van der Waals surface area contributed by atoms with Crippen molar-refractivity contribution in [1.29, 1.82) is 0 Å². The van der Waals surface area contributed by atoms with Crippen molar-refractivity contribution in [2.75, 3.05) is 31.9 Å². The fourth-order valence-electron chi connectivity index (χ4n) is 2.79. The van der Waals surface area contributed by atoms with E-state index in [0.717, 1.165) is 44.7 Å². The number of amides is 1. The lowest BCUT2D eigenvalue weighted by Crippen LogP contribution is -2.53. The van der Waals surface area contributed by atoms with Crippen molar-refractivity contribution in [3.8, 4) is 0 Å². The van der Waals surface area contributed by atoms with Gasteiger partial charge >= 0.3 is 0 Å². The van der Waals surface area contributed by atoms with Gasteiger partial charge in [-0.15, -0.1) is 0 Å². The molecule has 1 fully saturated rings. The summed E-state index contributed by atoms with van der Waals surface area (Å²) in [5.74, 6) is -0.0521. The Morgan fingerprint density at radius 1 is 1.45 bits per heavy atom. The molecule has 1 aliphatic rings. The van der Waals surface area contributed by atoms with Gasteiger partial charge in [-0.1, -0.05) is 20.3 Å². The highest BCUT2D eigenvalue weighted by Crippen LogP contribution is 2.19. The number of hydrogen-bond acceptors (Lipinski definition) is 4. The molecule has 2 rings (SSSR count). The summed E-state index contributed by atoms with van der Waals surface area (Å²) in [5, 5.41) is 7.01. The number of anilines is 1. The number of aromatic amines is 1. The fraction of sp³-hybridized carbons (Fsp3) is 0.714. The quantitative estimate of drug-likeness (QED) is 0.865. The Balaban J connectivity index is 2.08. The molecular formula is C14H25N5O. The van der Waals surface area contributed by atoms with E-state index in [0.29, 0.717) is 17.4 Å². The van der Waals surface area contributed by atoms with Gasteiger partial charge in [0.15, 0.2) is 5.69 Å². The van der Waals surface area contributed by atoms with Crippen LogP contribution in [0.4, 0.5) is 5.69 Å². The monoisotopic (exact) mass is 279 g/mol. The summed E-state index contributed by atoms with van der Waals surface area (Å²) in [6, 6.07) is 0.382. The van der Waals surface area contributed by atoms with Gasteiger partial charge in [-0.3, -0.25) is 14.8 Å². The molecule has 112 valence electrons. The normalized spacial score (nSPS) is 20.4. The van der Waals surface area contributed by atoms with Gasteiger partial charge in [0.2, 0.25) is 0 Å². The number of H-pyrrole nitrogens is 1. The van der Waals surface area contributed by atoms with Gasteiger partial charge < -0.3 is 10.6 Å². The van der Waals surface area contributed by atoms with Gasteiger partial charge in [0.05, 0.1) is 11.4 Å². The van der Waals surface area contributed by atoms with Gasteiger partial charge in [-0.05, 0) is 19.9 Å². The van der Waals surface area contributed by atoms with Crippen LogP contribution in [0, 0.1) is 0 Å². The number of carbonyl (C=O) groups is 1. The van der Waals surface area contributed by atoms with E-state index in [9.17, 15) is 4.79 Å². The molecule has 3 N–H and O–H groups in total. The lowest BCUT2D eigenvalue weighted by Gasteiger charge is -2.39. The summed E-state index contributed by atoms with van der Waals surface area (Å²) in [5.41, 5.74) is 7.80. The zero-order chi connectivity index (χ0) is 14.7. The largest absolute Gasteiger partial charge is 0.395 e. The van der Waals surface area contributed by atoms with Crippen molar-refractivity contribution in [2.45, 2.75) is 39.7 Å². The number of nitrogens with two attached hydrogens (primary N) is 1. The maximum atomic E-state index is 12.5. The Labute approximate surface area is 120 Å². The van der Waals surface area contributed by atoms with E-state index in [2.05, 4.69) is 35.9 Å². The minimum absolute atomic E-state index is 0.0521. The van der Waals surface area contributed by atoms with Crippen LogP contribution in [0.5, 0.6) is 0 Å². The molecule has 6 nitrogen and oxygen atoms in total. The molecule has 1 unspecified atom stereocenters. The van der Waals surface area contributed by atoms with Crippen LogP contribution in [0.2, 0.25) is 0 Å². The Morgan fingerprint density at radius 2 is 2.20 bits per heavy atom. The first-order valence-corrected chi connectivity index (χ1v) is 7.44. The Kier molecular flexibility index (Phi) is 4.65. The van der Waals surface area contributed by atoms with Gasteiger partial charge in [0, 0.05) is 25.7 Å². The summed E-state index contributed by atoms with van der Waals surface area (Å²) >= 11 is 0. The standard InChI is InChI=1S/C14H25N5O/c1-4-6-11-12(15)13(17-16-11)14(20)19-8-7-18(5-2)10(3)9-19/h10H,4-9,15H2,1-3H3,(H,16,17). The maximum Gasteiger partial charge on any atom is 0.276 e. The fourth-order valence-corrected chi connectivity index (χ4v) is 2.79. The molecule has 1 amide bonds. The lowest BCUT2D eigenvalue weighted by molar-refractivity contribution is 0.0524. The molecule has 1 atom stereocenters. The van der Waals surface area contributed by atoms with Crippen molar-refractivity contribution >= 4 is 11.6 Å². The second kappa shape index (κ2) is 6.26. The summed E-state index contributed by atoms with van der Waals surface area (Å²) in [4.78, 5) is 16.8. The molecule has 6 heteroatoms. The summed E-state index contributed by atoms with van der Waals surface area (Å²) in [6.45, 7) is 9.79. The molecule has 1 aromatic rings. The highest BCUT2D eigenvalue weighted by Gasteiger charge is 2.29. The summed E-state index contributed by atoms with van der Waals surface area (Å²) in [6.07, 6.45) is 1.80. The predicted molar refractivity (Wildman–Crippen MR) is 79.6 cm³/mol. The third-order valence-electron chi connectivity index (χ3n) is 4.04. The summed E-state index contributed by atoms with van der Waals surface area (Å²) in [7, 11) is 0.